The van der Waals surface area contributed by atoms with Crippen LogP contribution in [-0.4, -0.2) is 52.0 Å². The van der Waals surface area contributed by atoms with Crippen LogP contribution in [0.1, 0.15) is 30.7 Å². The fraction of sp³-hybridized carbons (Fsp3) is 0.286. The molecule has 0 bridgehead atoms. The van der Waals surface area contributed by atoms with Crippen molar-refractivity contribution in [3.05, 3.63) is 79.8 Å². The Morgan fingerprint density at radius 2 is 1.95 bits per heavy atom. The molecule has 0 amide bonds. The van der Waals surface area contributed by atoms with E-state index in [2.05, 4.69) is 15.3 Å². The van der Waals surface area contributed by atoms with Crippen LogP contribution < -0.4 is 16.6 Å². The Labute approximate surface area is 242 Å². The van der Waals surface area contributed by atoms with E-state index in [9.17, 15) is 24.3 Å². The Morgan fingerprint density at radius 1 is 1.17 bits per heavy atom. The second-order valence-corrected chi connectivity index (χ2v) is 10.5. The minimum absolute atomic E-state index is 0.0319. The van der Waals surface area contributed by atoms with Gasteiger partial charge in [-0.25, -0.2) is 14.2 Å². The number of halogens is 1. The van der Waals surface area contributed by atoms with E-state index in [0.29, 0.717) is 40.6 Å². The van der Waals surface area contributed by atoms with Gasteiger partial charge in [-0.2, -0.15) is 4.98 Å². The number of aryl methyl sites for hydroxylation is 2. The normalized spacial score (nSPS) is 16.2. The van der Waals surface area contributed by atoms with Gasteiger partial charge in [-0.05, 0) is 43.7 Å². The molecular formula is C28H26ClN7O6. The van der Waals surface area contributed by atoms with E-state index >= 15 is 0 Å². The average Bonchev–Trinajstić information content (AvgIpc) is 3.58. The Balaban J connectivity index is 1.37. The summed E-state index contributed by atoms with van der Waals surface area (Å²) in [5, 5.41) is 13.9. The monoisotopic (exact) mass is 591 g/mol. The number of rotatable bonds is 7. The highest BCUT2D eigenvalue weighted by atomic mass is 35.5. The second kappa shape index (κ2) is 10.2. The number of carboxylic acid groups (broad SMARTS) is 1. The average molecular weight is 592 g/mol. The highest BCUT2D eigenvalue weighted by molar-refractivity contribution is 6.35. The zero-order valence-electron chi connectivity index (χ0n) is 22.9. The molecule has 216 valence electrons. The molecule has 2 atom stereocenters. The first-order valence-electron chi connectivity index (χ1n) is 13.2. The summed E-state index contributed by atoms with van der Waals surface area (Å²) in [6.45, 7) is 1.79. The number of carbonyl (C=O) groups is 2. The molecule has 0 unspecified atom stereocenters. The van der Waals surface area contributed by atoms with Crippen LogP contribution in [-0.2, 0) is 30.2 Å². The number of anilines is 2. The maximum Gasteiger partial charge on any atom is 0.416 e. The third kappa shape index (κ3) is 4.42. The smallest absolute Gasteiger partial charge is 0.416 e. The fourth-order valence-corrected chi connectivity index (χ4v) is 5.56. The van der Waals surface area contributed by atoms with Crippen molar-refractivity contribution in [1.29, 1.82) is 0 Å². The maximum absolute atomic E-state index is 13.7. The van der Waals surface area contributed by atoms with E-state index in [0.717, 1.165) is 14.8 Å². The van der Waals surface area contributed by atoms with Crippen molar-refractivity contribution in [3.8, 4) is 0 Å². The van der Waals surface area contributed by atoms with E-state index in [-0.39, 0.29) is 41.2 Å². The highest BCUT2D eigenvalue weighted by Crippen LogP contribution is 2.47. The topological polar surface area (TPSA) is 155 Å². The highest BCUT2D eigenvalue weighted by Gasteiger charge is 2.46. The molecule has 4 heterocycles. The predicted molar refractivity (Wildman–Crippen MR) is 155 cm³/mol. The number of pyridine rings is 1. The maximum atomic E-state index is 13.7. The van der Waals surface area contributed by atoms with E-state index in [1.165, 1.54) is 16.2 Å². The fourth-order valence-electron chi connectivity index (χ4n) is 5.34. The lowest BCUT2D eigenvalue weighted by Gasteiger charge is -2.10. The summed E-state index contributed by atoms with van der Waals surface area (Å²) in [6, 6.07) is 9.98. The number of aromatic nitrogens is 6. The zero-order valence-corrected chi connectivity index (χ0v) is 23.6. The van der Waals surface area contributed by atoms with Crippen LogP contribution in [0.2, 0.25) is 5.02 Å². The molecule has 1 saturated carbocycles. The quantitative estimate of drug-likeness (QED) is 0.271. The van der Waals surface area contributed by atoms with Gasteiger partial charge in [0.2, 0.25) is 5.95 Å². The van der Waals surface area contributed by atoms with Crippen LogP contribution in [0.4, 0.5) is 16.4 Å². The number of benzene rings is 1. The minimum Gasteiger partial charge on any atom is -0.466 e. The summed E-state index contributed by atoms with van der Waals surface area (Å²) in [5.41, 5.74) is 0.947. The van der Waals surface area contributed by atoms with Gasteiger partial charge in [-0.3, -0.25) is 23.7 Å². The Kier molecular flexibility index (Phi) is 6.61. The van der Waals surface area contributed by atoms with Gasteiger partial charge in [0.1, 0.15) is 0 Å². The van der Waals surface area contributed by atoms with Crippen molar-refractivity contribution < 1.29 is 19.4 Å². The molecule has 1 aliphatic carbocycles. The summed E-state index contributed by atoms with van der Waals surface area (Å²) in [5.74, 6) is -0.180. The molecule has 42 heavy (non-hydrogen) atoms. The number of nitrogens with zero attached hydrogens (tertiary/aromatic N) is 6. The Bertz CT molecular complexity index is 2040. The van der Waals surface area contributed by atoms with Gasteiger partial charge in [-0.15, -0.1) is 0 Å². The molecule has 1 aromatic carbocycles. The molecule has 0 spiro atoms. The third-order valence-electron chi connectivity index (χ3n) is 7.54. The third-order valence-corrected chi connectivity index (χ3v) is 7.87. The molecule has 0 radical (unpaired) electrons. The van der Waals surface area contributed by atoms with Crippen molar-refractivity contribution in [2.75, 3.05) is 11.9 Å². The molecule has 0 aliphatic heterocycles. The lowest BCUT2D eigenvalue weighted by Crippen LogP contribution is -2.40. The summed E-state index contributed by atoms with van der Waals surface area (Å²) < 4.78 is 9.89. The molecular weight excluding hydrogens is 566 g/mol. The molecule has 6 rings (SSSR count). The van der Waals surface area contributed by atoms with Crippen molar-refractivity contribution in [2.24, 2.45) is 20.0 Å². The minimum atomic E-state index is -1.27. The molecule has 1 fully saturated rings. The van der Waals surface area contributed by atoms with Gasteiger partial charge in [0.15, 0.2) is 11.2 Å². The Morgan fingerprint density at radius 3 is 2.69 bits per heavy atom. The lowest BCUT2D eigenvalue weighted by molar-refractivity contribution is -0.144. The van der Waals surface area contributed by atoms with Crippen LogP contribution in [0.3, 0.4) is 0 Å². The lowest BCUT2D eigenvalue weighted by atomic mass is 10.2. The first-order chi connectivity index (χ1) is 20.1. The summed E-state index contributed by atoms with van der Waals surface area (Å²) in [6.07, 6.45) is 1.02. The number of carbonyl (C=O) groups excluding carboxylic acids is 1. The first kappa shape index (κ1) is 27.3. The van der Waals surface area contributed by atoms with Crippen LogP contribution >= 0.6 is 11.6 Å². The number of esters is 1. The van der Waals surface area contributed by atoms with Crippen LogP contribution in [0.25, 0.3) is 22.1 Å². The van der Waals surface area contributed by atoms with Crippen molar-refractivity contribution in [3.63, 3.8) is 0 Å². The van der Waals surface area contributed by atoms with Gasteiger partial charge in [0, 0.05) is 48.0 Å². The molecule has 4 aromatic heterocycles. The summed E-state index contributed by atoms with van der Waals surface area (Å²) in [4.78, 5) is 60.2. The second-order valence-electron chi connectivity index (χ2n) is 10.1. The van der Waals surface area contributed by atoms with E-state index in [1.54, 1.807) is 50.5 Å². The largest absolute Gasteiger partial charge is 0.466 e. The molecule has 2 N–H and O–H groups in total. The number of ether oxygens (including phenoxy) is 1. The van der Waals surface area contributed by atoms with Crippen LogP contribution in [0.15, 0.2) is 52.2 Å². The van der Waals surface area contributed by atoms with Gasteiger partial charge < -0.3 is 19.7 Å². The number of imidazole rings is 1. The van der Waals surface area contributed by atoms with Crippen LogP contribution in [0.5, 0.6) is 0 Å². The van der Waals surface area contributed by atoms with Crippen LogP contribution in [0, 0.1) is 5.92 Å². The molecule has 5 aromatic rings. The van der Waals surface area contributed by atoms with Gasteiger partial charge >= 0.3 is 17.8 Å². The van der Waals surface area contributed by atoms with E-state index in [1.807, 2.05) is 6.07 Å². The SMILES string of the molecule is CCOC(=O)[C@@H]1C[C@H]1c1cc(Nc2nc3c(c(=O)n(Cc4cc5c(Cl)cccc5n4C(=O)O)c(=O)n3C)n2C)ccn1. The summed E-state index contributed by atoms with van der Waals surface area (Å²) in [7, 11) is 3.13. The number of hydrogen-bond donors (Lipinski definition) is 2. The van der Waals surface area contributed by atoms with Crippen molar-refractivity contribution in [2.45, 2.75) is 25.8 Å². The first-order valence-corrected chi connectivity index (χ1v) is 13.6. The number of nitrogens with one attached hydrogen (secondary N) is 1. The number of hydrogen-bond acceptors (Lipinski definition) is 8. The Hall–Kier alpha value is -4.91. The van der Waals surface area contributed by atoms with Gasteiger partial charge in [-0.1, -0.05) is 17.7 Å². The van der Waals surface area contributed by atoms with E-state index in [4.69, 9.17) is 16.3 Å². The van der Waals surface area contributed by atoms with Crippen molar-refractivity contribution >= 4 is 57.4 Å². The zero-order chi connectivity index (χ0) is 29.9. The molecule has 13 nitrogen and oxygen atoms in total. The number of fused-ring (bicyclic) bond motifs is 2. The summed E-state index contributed by atoms with van der Waals surface area (Å²) >= 11 is 6.29. The van der Waals surface area contributed by atoms with Gasteiger partial charge in [0.05, 0.1) is 30.3 Å². The van der Waals surface area contributed by atoms with Gasteiger partial charge in [0.25, 0.3) is 5.56 Å². The van der Waals surface area contributed by atoms with Crippen molar-refractivity contribution in [1.82, 2.24) is 28.2 Å². The van der Waals surface area contributed by atoms with E-state index < -0.39 is 17.3 Å². The molecule has 0 saturated heterocycles. The molecule has 14 heteroatoms. The standard InChI is InChI=1S/C28H26ClN7O6/c1-4-42-25(38)17-12-16(17)20-10-14(8-9-30-20)31-26-32-23-22(33(26)2)24(37)35(27(39)34(23)3)13-15-11-18-19(29)6-5-7-21(18)36(15)28(40)41/h5-11,16-17H,4,12-13H2,1-3H3,(H,40,41)(H,30,31,32)/t16-,17-/m1/s1. The predicted octanol–water partition coefficient (Wildman–Crippen LogP) is 3.42. The molecule has 1 aliphatic rings.